The predicted octanol–water partition coefficient (Wildman–Crippen LogP) is 2.95. The van der Waals surface area contributed by atoms with Crippen LogP contribution in [0.2, 0.25) is 4.47 Å². The second-order valence-electron chi connectivity index (χ2n) is 4.25. The van der Waals surface area contributed by atoms with E-state index >= 15 is 0 Å². The van der Waals surface area contributed by atoms with Crippen LogP contribution in [-0.2, 0) is 6.54 Å². The average Bonchev–Trinajstić information content (AvgIpc) is 2.58. The maximum absolute atomic E-state index is 5.78. The molecular weight excluding hydrogens is 230 g/mol. The van der Waals surface area contributed by atoms with Crippen LogP contribution in [0.3, 0.4) is 0 Å². The van der Waals surface area contributed by atoms with Crippen molar-refractivity contribution in [1.82, 2.24) is 15.1 Å². The van der Waals surface area contributed by atoms with Gasteiger partial charge in [-0.3, -0.25) is 4.90 Å². The molecule has 84 valence electrons. The van der Waals surface area contributed by atoms with Crippen LogP contribution in [0.25, 0.3) is 0 Å². The maximum atomic E-state index is 5.78. The molecule has 2 atom stereocenters. The van der Waals surface area contributed by atoms with Crippen LogP contribution in [0.5, 0.6) is 0 Å². The summed E-state index contributed by atoms with van der Waals surface area (Å²) < 4.78 is 0.544. The molecule has 1 aromatic rings. The van der Waals surface area contributed by atoms with Gasteiger partial charge < -0.3 is 0 Å². The number of halogens is 1. The molecule has 15 heavy (non-hydrogen) atoms. The zero-order valence-electron chi connectivity index (χ0n) is 9.11. The van der Waals surface area contributed by atoms with Crippen LogP contribution in [-0.4, -0.2) is 27.2 Å². The van der Waals surface area contributed by atoms with Gasteiger partial charge in [-0.05, 0) is 38.3 Å². The fourth-order valence-electron chi connectivity index (χ4n) is 2.24. The van der Waals surface area contributed by atoms with Crippen LogP contribution < -0.4 is 0 Å². The highest BCUT2D eigenvalue weighted by atomic mass is 35.5. The molecule has 0 bridgehead atoms. The number of aromatic nitrogens is 2. The van der Waals surface area contributed by atoms with Crippen molar-refractivity contribution in [3.63, 3.8) is 0 Å². The van der Waals surface area contributed by atoms with Gasteiger partial charge in [0.25, 0.3) is 0 Å². The molecule has 0 aromatic carbocycles. The summed E-state index contributed by atoms with van der Waals surface area (Å²) in [5, 5.41) is 8.94. The molecule has 0 saturated carbocycles. The third kappa shape index (κ3) is 2.68. The van der Waals surface area contributed by atoms with Crippen LogP contribution in [0.4, 0.5) is 0 Å². The van der Waals surface area contributed by atoms with E-state index in [-0.39, 0.29) is 0 Å². The summed E-state index contributed by atoms with van der Waals surface area (Å²) in [5.74, 6) is 0. The number of nitrogens with zero attached hydrogens (tertiary/aromatic N) is 3. The molecule has 1 aliphatic heterocycles. The lowest BCUT2D eigenvalue weighted by Crippen LogP contribution is -2.42. The van der Waals surface area contributed by atoms with Crippen molar-refractivity contribution in [2.24, 2.45) is 0 Å². The highest BCUT2D eigenvalue weighted by molar-refractivity contribution is 7.15. The minimum Gasteiger partial charge on any atom is -0.291 e. The fraction of sp³-hybridized carbons (Fsp3) is 0.800. The van der Waals surface area contributed by atoms with Crippen molar-refractivity contribution in [3.8, 4) is 0 Å². The summed E-state index contributed by atoms with van der Waals surface area (Å²) in [4.78, 5) is 2.50. The number of likely N-dealkylation sites (tertiary alicyclic amines) is 1. The summed E-state index contributed by atoms with van der Waals surface area (Å²) in [6, 6.07) is 1.30. The van der Waals surface area contributed by atoms with E-state index in [2.05, 4.69) is 28.9 Å². The first-order chi connectivity index (χ1) is 7.16. The lowest BCUT2D eigenvalue weighted by Gasteiger charge is -2.38. The zero-order chi connectivity index (χ0) is 10.8. The number of rotatable bonds is 2. The number of piperidine rings is 1. The number of hydrogen-bond acceptors (Lipinski definition) is 4. The van der Waals surface area contributed by atoms with Gasteiger partial charge in [0.1, 0.15) is 5.01 Å². The van der Waals surface area contributed by atoms with Gasteiger partial charge in [0.2, 0.25) is 4.47 Å². The quantitative estimate of drug-likeness (QED) is 0.802. The number of hydrogen-bond donors (Lipinski definition) is 0. The molecule has 5 heteroatoms. The van der Waals surface area contributed by atoms with Crippen LogP contribution in [0.15, 0.2) is 0 Å². The van der Waals surface area contributed by atoms with Gasteiger partial charge in [0.05, 0.1) is 6.54 Å². The summed E-state index contributed by atoms with van der Waals surface area (Å²) >= 11 is 7.26. The predicted molar refractivity (Wildman–Crippen MR) is 63.2 cm³/mol. The van der Waals surface area contributed by atoms with Gasteiger partial charge in [0.15, 0.2) is 0 Å². The Morgan fingerprint density at radius 2 is 2.00 bits per heavy atom. The van der Waals surface area contributed by atoms with E-state index in [1.54, 1.807) is 0 Å². The summed E-state index contributed by atoms with van der Waals surface area (Å²) in [5.41, 5.74) is 0. The van der Waals surface area contributed by atoms with Gasteiger partial charge in [-0.1, -0.05) is 17.8 Å². The van der Waals surface area contributed by atoms with E-state index < -0.39 is 0 Å². The van der Waals surface area contributed by atoms with Crippen LogP contribution in [0, 0.1) is 0 Å². The molecule has 0 radical (unpaired) electrons. The van der Waals surface area contributed by atoms with Gasteiger partial charge in [-0.2, -0.15) is 0 Å². The van der Waals surface area contributed by atoms with Crippen molar-refractivity contribution in [1.29, 1.82) is 0 Å². The third-order valence-corrected chi connectivity index (χ3v) is 4.14. The Hall–Kier alpha value is -0.190. The van der Waals surface area contributed by atoms with Crippen molar-refractivity contribution < 1.29 is 0 Å². The molecule has 1 fully saturated rings. The Bertz CT molecular complexity index is 318. The molecule has 1 saturated heterocycles. The van der Waals surface area contributed by atoms with E-state index in [9.17, 15) is 0 Å². The third-order valence-electron chi connectivity index (χ3n) is 3.14. The minimum atomic E-state index is 0.544. The first-order valence-corrected chi connectivity index (χ1v) is 6.60. The van der Waals surface area contributed by atoms with Gasteiger partial charge >= 0.3 is 0 Å². The van der Waals surface area contributed by atoms with Gasteiger partial charge in [-0.15, -0.1) is 10.2 Å². The Labute approximate surface area is 99.5 Å². The first-order valence-electron chi connectivity index (χ1n) is 5.40. The van der Waals surface area contributed by atoms with Crippen molar-refractivity contribution >= 4 is 22.9 Å². The highest BCUT2D eigenvalue weighted by Gasteiger charge is 2.25. The van der Waals surface area contributed by atoms with Gasteiger partial charge in [0, 0.05) is 12.1 Å². The largest absolute Gasteiger partial charge is 0.291 e. The summed E-state index contributed by atoms with van der Waals surface area (Å²) in [7, 11) is 0. The molecule has 0 amide bonds. The Morgan fingerprint density at radius 3 is 2.53 bits per heavy atom. The Kier molecular flexibility index (Phi) is 3.59. The Morgan fingerprint density at radius 1 is 1.33 bits per heavy atom. The average molecular weight is 246 g/mol. The highest BCUT2D eigenvalue weighted by Crippen LogP contribution is 2.26. The minimum absolute atomic E-state index is 0.544. The molecule has 0 N–H and O–H groups in total. The lowest BCUT2D eigenvalue weighted by atomic mass is 9.98. The molecule has 0 aliphatic carbocycles. The molecule has 1 aliphatic rings. The molecule has 2 heterocycles. The summed E-state index contributed by atoms with van der Waals surface area (Å²) in [6.07, 6.45) is 3.92. The second kappa shape index (κ2) is 4.76. The normalized spacial score (nSPS) is 28.2. The van der Waals surface area contributed by atoms with Crippen LogP contribution in [0.1, 0.15) is 38.1 Å². The van der Waals surface area contributed by atoms with Gasteiger partial charge in [-0.25, -0.2) is 0 Å². The topological polar surface area (TPSA) is 29.0 Å². The van der Waals surface area contributed by atoms with Crippen molar-refractivity contribution in [2.75, 3.05) is 0 Å². The first kappa shape index (κ1) is 11.3. The smallest absolute Gasteiger partial charge is 0.207 e. The van der Waals surface area contributed by atoms with E-state index in [1.165, 1.54) is 30.6 Å². The molecule has 0 spiro atoms. The van der Waals surface area contributed by atoms with E-state index in [1.807, 2.05) is 0 Å². The fourth-order valence-corrected chi connectivity index (χ4v) is 3.12. The standard InChI is InChI=1S/C10H16ClN3S/c1-7-4-3-5-8(2)14(7)6-9-12-13-10(11)15-9/h7-8H,3-6H2,1-2H3. The molecule has 1 aromatic heterocycles. The SMILES string of the molecule is CC1CCCC(C)N1Cc1nnc(Cl)s1. The second-order valence-corrected chi connectivity index (χ2v) is 5.89. The molecule has 2 rings (SSSR count). The molecule has 2 unspecified atom stereocenters. The maximum Gasteiger partial charge on any atom is 0.207 e. The molecule has 3 nitrogen and oxygen atoms in total. The van der Waals surface area contributed by atoms with Crippen molar-refractivity contribution in [2.45, 2.75) is 51.7 Å². The van der Waals surface area contributed by atoms with Crippen LogP contribution >= 0.6 is 22.9 Å². The zero-order valence-corrected chi connectivity index (χ0v) is 10.7. The van der Waals surface area contributed by atoms with Crippen molar-refractivity contribution in [3.05, 3.63) is 9.47 Å². The Balaban J connectivity index is 2.03. The molecular formula is C10H16ClN3S. The lowest BCUT2D eigenvalue weighted by molar-refractivity contribution is 0.0949. The van der Waals surface area contributed by atoms with E-state index in [0.717, 1.165) is 11.6 Å². The monoisotopic (exact) mass is 245 g/mol. The van der Waals surface area contributed by atoms with E-state index in [4.69, 9.17) is 11.6 Å². The summed E-state index contributed by atoms with van der Waals surface area (Å²) in [6.45, 7) is 5.48. The van der Waals surface area contributed by atoms with E-state index in [0.29, 0.717) is 16.6 Å².